The van der Waals surface area contributed by atoms with Gasteiger partial charge in [0.25, 0.3) is 5.56 Å². The number of hydrogen-bond acceptors (Lipinski definition) is 4. The van der Waals surface area contributed by atoms with Crippen molar-refractivity contribution in [2.75, 3.05) is 0 Å². The van der Waals surface area contributed by atoms with Crippen molar-refractivity contribution in [1.29, 1.82) is 5.26 Å². The summed E-state index contributed by atoms with van der Waals surface area (Å²) in [4.78, 5) is 30.7. The number of aromatic amines is 1. The van der Waals surface area contributed by atoms with Crippen molar-refractivity contribution in [3.05, 3.63) is 57.0 Å². The molecule has 1 aliphatic heterocycles. The van der Waals surface area contributed by atoms with Gasteiger partial charge in [-0.2, -0.15) is 18.4 Å². The number of ketones is 1. The summed E-state index contributed by atoms with van der Waals surface area (Å²) in [6.45, 7) is 0.102. The summed E-state index contributed by atoms with van der Waals surface area (Å²) >= 11 is 0. The fraction of sp³-hybridized carbons (Fsp3) is 0.222. The molecule has 0 saturated carbocycles. The second kappa shape index (κ2) is 6.59. The second-order valence-electron chi connectivity index (χ2n) is 5.78. The zero-order valence-corrected chi connectivity index (χ0v) is 13.4. The smallest absolute Gasteiger partial charge is 0.328 e. The minimum Gasteiger partial charge on any atom is -0.328 e. The number of halogens is 3. The third-order valence-electron chi connectivity index (χ3n) is 4.05. The summed E-state index contributed by atoms with van der Waals surface area (Å²) in [6.07, 6.45) is -1.97. The number of carbonyl (C=O) groups is 1. The Morgan fingerprint density at radius 1 is 1.27 bits per heavy atom. The van der Waals surface area contributed by atoms with Crippen molar-refractivity contribution in [2.24, 2.45) is 4.99 Å². The zero-order chi connectivity index (χ0) is 18.9. The highest BCUT2D eigenvalue weighted by molar-refractivity contribution is 5.99. The molecule has 132 valence electrons. The van der Waals surface area contributed by atoms with E-state index in [2.05, 4.69) is 9.98 Å². The van der Waals surface area contributed by atoms with Gasteiger partial charge in [0.05, 0.1) is 18.2 Å². The molecule has 1 aliphatic rings. The molecule has 0 saturated heterocycles. The van der Waals surface area contributed by atoms with Crippen molar-refractivity contribution >= 4 is 12.0 Å². The number of benzene rings is 1. The molecule has 0 bridgehead atoms. The van der Waals surface area contributed by atoms with Gasteiger partial charge < -0.3 is 4.98 Å². The number of H-pyrrole nitrogens is 1. The molecule has 0 amide bonds. The predicted octanol–water partition coefficient (Wildman–Crippen LogP) is 3.48. The monoisotopic (exact) mass is 359 g/mol. The van der Waals surface area contributed by atoms with E-state index in [0.29, 0.717) is 11.1 Å². The largest absolute Gasteiger partial charge is 0.416 e. The maximum atomic E-state index is 13.2. The first-order valence-electron chi connectivity index (χ1n) is 7.68. The number of Topliss-reactive ketones (excluding diaryl/α,β-unsaturated/α-hetero) is 1. The number of hydrogen-bond donors (Lipinski definition) is 1. The highest BCUT2D eigenvalue weighted by atomic mass is 19.4. The number of carbonyl (C=O) groups excluding carboxylic acids is 1. The van der Waals surface area contributed by atoms with Gasteiger partial charge in [0.15, 0.2) is 5.78 Å². The van der Waals surface area contributed by atoms with Crippen molar-refractivity contribution in [1.82, 2.24) is 4.98 Å². The Morgan fingerprint density at radius 2 is 2.04 bits per heavy atom. The van der Waals surface area contributed by atoms with E-state index < -0.39 is 17.3 Å². The molecular formula is C18H12F3N3O2. The van der Waals surface area contributed by atoms with Crippen LogP contribution in [0.2, 0.25) is 0 Å². The molecule has 1 N–H and O–H groups in total. The first kappa shape index (κ1) is 17.6. The number of alkyl halides is 3. The molecule has 0 atom stereocenters. The van der Waals surface area contributed by atoms with Crippen LogP contribution >= 0.6 is 0 Å². The highest BCUT2D eigenvalue weighted by Gasteiger charge is 2.33. The molecule has 8 heteroatoms. The van der Waals surface area contributed by atoms with Gasteiger partial charge in [-0.25, -0.2) is 0 Å². The fourth-order valence-corrected chi connectivity index (χ4v) is 2.78. The zero-order valence-electron chi connectivity index (χ0n) is 13.4. The topological polar surface area (TPSA) is 86.1 Å². The van der Waals surface area contributed by atoms with Crippen LogP contribution in [0.3, 0.4) is 0 Å². The number of pyridine rings is 1. The van der Waals surface area contributed by atoms with Crippen LogP contribution in [0.25, 0.3) is 11.1 Å². The lowest BCUT2D eigenvalue weighted by atomic mass is 9.93. The molecule has 0 spiro atoms. The number of nitrogens with zero attached hydrogens (tertiary/aromatic N) is 2. The van der Waals surface area contributed by atoms with Gasteiger partial charge >= 0.3 is 6.18 Å². The van der Waals surface area contributed by atoms with Gasteiger partial charge in [-0.3, -0.25) is 14.6 Å². The lowest BCUT2D eigenvalue weighted by molar-refractivity contribution is -0.137. The standard InChI is InChI=1S/C18H12F3N3O2/c19-18(20,21)12-4-10-7-23-9-15(10)13(6-12)14-5-11(8-24-17(14)26)16(25)2-1-3-22/h4-6,8-9H,1-2,7H2,(H,24,26). The van der Waals surface area contributed by atoms with E-state index in [9.17, 15) is 22.8 Å². The Balaban J connectivity index is 2.16. The van der Waals surface area contributed by atoms with Gasteiger partial charge in [-0.1, -0.05) is 0 Å². The van der Waals surface area contributed by atoms with Gasteiger partial charge in [0, 0.05) is 41.9 Å². The van der Waals surface area contributed by atoms with Gasteiger partial charge in [-0.05, 0) is 29.3 Å². The minimum atomic E-state index is -4.57. The van der Waals surface area contributed by atoms with Crippen LogP contribution in [0.5, 0.6) is 0 Å². The number of nitriles is 1. The highest BCUT2D eigenvalue weighted by Crippen LogP contribution is 2.36. The number of fused-ring (bicyclic) bond motifs is 1. The van der Waals surface area contributed by atoms with E-state index in [4.69, 9.17) is 5.26 Å². The molecule has 1 aromatic heterocycles. The summed E-state index contributed by atoms with van der Waals surface area (Å²) in [5.41, 5.74) is -0.506. The number of nitrogens with one attached hydrogen (secondary N) is 1. The fourth-order valence-electron chi connectivity index (χ4n) is 2.78. The Labute approximate surface area is 145 Å². The molecule has 0 fully saturated rings. The maximum absolute atomic E-state index is 13.2. The molecule has 0 radical (unpaired) electrons. The number of rotatable bonds is 4. The van der Waals surface area contributed by atoms with Crippen molar-refractivity contribution < 1.29 is 18.0 Å². The molecule has 1 aromatic carbocycles. The van der Waals surface area contributed by atoms with Crippen LogP contribution in [0.1, 0.15) is 39.9 Å². The van der Waals surface area contributed by atoms with Crippen LogP contribution in [-0.2, 0) is 12.7 Å². The lowest BCUT2D eigenvalue weighted by Gasteiger charge is -2.13. The average molecular weight is 359 g/mol. The summed E-state index contributed by atoms with van der Waals surface area (Å²) < 4.78 is 39.6. The minimum absolute atomic E-state index is 0.0128. The molecule has 0 unspecified atom stereocenters. The van der Waals surface area contributed by atoms with Crippen molar-refractivity contribution in [2.45, 2.75) is 25.6 Å². The van der Waals surface area contributed by atoms with Gasteiger partial charge in [-0.15, -0.1) is 0 Å². The molecule has 2 heterocycles. The van der Waals surface area contributed by atoms with Crippen LogP contribution in [0, 0.1) is 11.3 Å². The lowest BCUT2D eigenvalue weighted by Crippen LogP contribution is -2.14. The van der Waals surface area contributed by atoms with Gasteiger partial charge in [0.1, 0.15) is 0 Å². The molecule has 2 aromatic rings. The Morgan fingerprint density at radius 3 is 2.73 bits per heavy atom. The first-order valence-corrected chi connectivity index (χ1v) is 7.68. The molecule has 26 heavy (non-hydrogen) atoms. The molecule has 0 aliphatic carbocycles. The van der Waals surface area contributed by atoms with Crippen molar-refractivity contribution in [3.63, 3.8) is 0 Å². The summed E-state index contributed by atoms with van der Waals surface area (Å²) in [6, 6.07) is 5.02. The molecular weight excluding hydrogens is 347 g/mol. The third kappa shape index (κ3) is 3.28. The van der Waals surface area contributed by atoms with Crippen LogP contribution in [0.4, 0.5) is 13.2 Å². The van der Waals surface area contributed by atoms with E-state index in [1.807, 2.05) is 6.07 Å². The van der Waals surface area contributed by atoms with Crippen LogP contribution in [-0.4, -0.2) is 17.0 Å². The molecule has 5 nitrogen and oxygen atoms in total. The Hall–Kier alpha value is -3.21. The van der Waals surface area contributed by atoms with E-state index in [-0.39, 0.29) is 41.9 Å². The maximum Gasteiger partial charge on any atom is 0.416 e. The first-order chi connectivity index (χ1) is 12.3. The van der Waals surface area contributed by atoms with Crippen LogP contribution < -0.4 is 5.56 Å². The third-order valence-corrected chi connectivity index (χ3v) is 4.05. The summed E-state index contributed by atoms with van der Waals surface area (Å²) in [5.74, 6) is -0.374. The average Bonchev–Trinajstić information content (AvgIpc) is 3.07. The summed E-state index contributed by atoms with van der Waals surface area (Å²) in [7, 11) is 0. The van der Waals surface area contributed by atoms with E-state index in [1.54, 1.807) is 0 Å². The molecule has 3 rings (SSSR count). The summed E-state index contributed by atoms with van der Waals surface area (Å²) in [5, 5.41) is 8.57. The quantitative estimate of drug-likeness (QED) is 0.848. The van der Waals surface area contributed by atoms with E-state index in [0.717, 1.165) is 12.1 Å². The van der Waals surface area contributed by atoms with Gasteiger partial charge in [0.2, 0.25) is 0 Å². The SMILES string of the molecule is N#CCCC(=O)c1c[nH]c(=O)c(-c2cc(C(F)(F)F)cc3c2C=NC3)c1. The second-order valence-corrected chi connectivity index (χ2v) is 5.78. The van der Waals surface area contributed by atoms with E-state index in [1.165, 1.54) is 18.5 Å². The Kier molecular flexibility index (Phi) is 4.47. The predicted molar refractivity (Wildman–Crippen MR) is 88.0 cm³/mol. The Bertz CT molecular complexity index is 1010. The normalized spacial score (nSPS) is 12.7. The van der Waals surface area contributed by atoms with E-state index >= 15 is 0 Å². The number of aromatic nitrogens is 1. The van der Waals surface area contributed by atoms with Crippen LogP contribution in [0.15, 0.2) is 34.2 Å². The number of aliphatic imine (C=N–C) groups is 1. The van der Waals surface area contributed by atoms with Crippen molar-refractivity contribution in [3.8, 4) is 17.2 Å².